The molecule has 0 radical (unpaired) electrons. The third-order valence-corrected chi connectivity index (χ3v) is 4.96. The van der Waals surface area contributed by atoms with Gasteiger partial charge in [-0.15, -0.1) is 0 Å². The van der Waals surface area contributed by atoms with Crippen LogP contribution in [-0.4, -0.2) is 26.9 Å². The number of Topliss-reactive ketones (excluding diaryl/α,β-unsaturated/α-hetero) is 2. The van der Waals surface area contributed by atoms with Gasteiger partial charge in [-0.05, 0) is 42.7 Å². The van der Waals surface area contributed by atoms with Gasteiger partial charge in [-0.1, -0.05) is 38.7 Å². The molecule has 6 nitrogen and oxygen atoms in total. The van der Waals surface area contributed by atoms with Crippen LogP contribution in [0.25, 0.3) is 0 Å². The van der Waals surface area contributed by atoms with Gasteiger partial charge in [-0.3, -0.25) is 9.59 Å². The first-order valence-electron chi connectivity index (χ1n) is 9.55. The summed E-state index contributed by atoms with van der Waals surface area (Å²) in [6.45, 7) is 2.17. The second-order valence-electron chi connectivity index (χ2n) is 7.09. The molecule has 1 heterocycles. The highest BCUT2D eigenvalue weighted by Crippen LogP contribution is 2.40. The lowest BCUT2D eigenvalue weighted by atomic mass is 9.93. The number of ketones is 2. The summed E-state index contributed by atoms with van der Waals surface area (Å²) in [5, 5.41) is 28.9. The molecular weight excluding hydrogens is 360 g/mol. The molecule has 0 fully saturated rings. The number of phenols is 3. The molecule has 6 heteroatoms. The molecule has 0 aromatic heterocycles. The van der Waals surface area contributed by atoms with Gasteiger partial charge < -0.3 is 20.1 Å². The van der Waals surface area contributed by atoms with Gasteiger partial charge >= 0.3 is 0 Å². The van der Waals surface area contributed by atoms with Gasteiger partial charge in [-0.2, -0.15) is 0 Å². The highest BCUT2D eigenvalue weighted by atomic mass is 16.5. The van der Waals surface area contributed by atoms with Crippen LogP contribution >= 0.6 is 0 Å². The lowest BCUT2D eigenvalue weighted by Gasteiger charge is -2.25. The molecule has 3 rings (SSSR count). The molecule has 28 heavy (non-hydrogen) atoms. The molecule has 1 unspecified atom stereocenters. The van der Waals surface area contributed by atoms with Crippen molar-refractivity contribution in [2.45, 2.75) is 51.6 Å². The summed E-state index contributed by atoms with van der Waals surface area (Å²) >= 11 is 0. The largest absolute Gasteiger partial charge is 0.504 e. The van der Waals surface area contributed by atoms with Crippen LogP contribution in [0.2, 0.25) is 0 Å². The number of hydrogen-bond acceptors (Lipinski definition) is 6. The summed E-state index contributed by atoms with van der Waals surface area (Å²) in [6, 6.07) is 7.43. The van der Waals surface area contributed by atoms with E-state index < -0.39 is 34.9 Å². The zero-order valence-electron chi connectivity index (χ0n) is 15.8. The minimum atomic E-state index is -1.28. The lowest BCUT2D eigenvalue weighted by molar-refractivity contribution is -0.122. The van der Waals surface area contributed by atoms with Crippen molar-refractivity contribution >= 4 is 11.6 Å². The monoisotopic (exact) mass is 384 g/mol. The summed E-state index contributed by atoms with van der Waals surface area (Å²) in [6.07, 6.45) is 5.35. The number of carbonyl (C=O) groups is 2. The van der Waals surface area contributed by atoms with Crippen LogP contribution in [0.5, 0.6) is 23.0 Å². The van der Waals surface area contributed by atoms with E-state index in [1.807, 2.05) is 6.07 Å². The maximum atomic E-state index is 12.5. The SMILES string of the molecule is CCCCCCCc1ccc2c(c1)OC(c1cc(O)c(O)c(O)c1)C(=O)C2=O. The molecule has 0 bridgehead atoms. The molecule has 0 spiro atoms. The van der Waals surface area contributed by atoms with Crippen LogP contribution < -0.4 is 4.74 Å². The number of benzene rings is 2. The Hall–Kier alpha value is -3.02. The molecule has 0 aliphatic carbocycles. The molecule has 2 aromatic carbocycles. The zero-order chi connectivity index (χ0) is 20.3. The number of fused-ring (bicyclic) bond motifs is 1. The molecule has 0 amide bonds. The molecular formula is C22H24O6. The zero-order valence-corrected chi connectivity index (χ0v) is 15.8. The van der Waals surface area contributed by atoms with Gasteiger partial charge in [0.15, 0.2) is 23.4 Å². The summed E-state index contributed by atoms with van der Waals surface area (Å²) in [5.74, 6) is -3.02. The smallest absolute Gasteiger partial charge is 0.248 e. The number of aromatic hydroxyl groups is 3. The van der Waals surface area contributed by atoms with E-state index in [-0.39, 0.29) is 11.1 Å². The fourth-order valence-electron chi connectivity index (χ4n) is 3.37. The van der Waals surface area contributed by atoms with Crippen molar-refractivity contribution in [3.63, 3.8) is 0 Å². The highest BCUT2D eigenvalue weighted by molar-refractivity contribution is 6.46. The second kappa shape index (κ2) is 8.33. The third kappa shape index (κ3) is 3.96. The van der Waals surface area contributed by atoms with E-state index in [1.54, 1.807) is 12.1 Å². The second-order valence-corrected chi connectivity index (χ2v) is 7.09. The first-order valence-corrected chi connectivity index (χ1v) is 9.55. The van der Waals surface area contributed by atoms with Gasteiger partial charge in [0.1, 0.15) is 5.75 Å². The van der Waals surface area contributed by atoms with Crippen LogP contribution in [0.4, 0.5) is 0 Å². The molecule has 148 valence electrons. The van der Waals surface area contributed by atoms with E-state index in [1.165, 1.54) is 19.3 Å². The standard InChI is InChI=1S/C22H24O6/c1-2-3-4-5-6-7-13-8-9-15-18(10-13)28-22(21(27)19(15)25)14-11-16(23)20(26)17(24)12-14/h8-12,22-24,26H,2-7H2,1H3. The van der Waals surface area contributed by atoms with E-state index in [0.29, 0.717) is 5.75 Å². The normalized spacial score (nSPS) is 16.0. The van der Waals surface area contributed by atoms with Gasteiger partial charge in [0.05, 0.1) is 5.56 Å². The molecule has 1 aliphatic rings. The Bertz CT molecular complexity index is 879. The van der Waals surface area contributed by atoms with E-state index in [4.69, 9.17) is 4.74 Å². The van der Waals surface area contributed by atoms with E-state index >= 15 is 0 Å². The Morgan fingerprint density at radius 3 is 2.29 bits per heavy atom. The minimum Gasteiger partial charge on any atom is -0.504 e. The molecule has 1 aliphatic heterocycles. The average Bonchev–Trinajstić information content (AvgIpc) is 2.68. The average molecular weight is 384 g/mol. The summed E-state index contributed by atoms with van der Waals surface area (Å²) < 4.78 is 5.76. The van der Waals surface area contributed by atoms with E-state index in [9.17, 15) is 24.9 Å². The number of aryl methyl sites for hydroxylation is 1. The summed E-state index contributed by atoms with van der Waals surface area (Å²) in [7, 11) is 0. The van der Waals surface area contributed by atoms with Crippen molar-refractivity contribution < 1.29 is 29.6 Å². The summed E-state index contributed by atoms with van der Waals surface area (Å²) in [4.78, 5) is 24.9. The predicted molar refractivity (Wildman–Crippen MR) is 103 cm³/mol. The number of ether oxygens (including phenoxy) is 1. The van der Waals surface area contributed by atoms with Crippen LogP contribution in [0, 0.1) is 0 Å². The number of phenolic OH excluding ortho intramolecular Hbond substituents is 3. The van der Waals surface area contributed by atoms with Crippen molar-refractivity contribution in [1.29, 1.82) is 0 Å². The predicted octanol–water partition coefficient (Wildman–Crippen LogP) is 4.20. The molecule has 2 aromatic rings. The van der Waals surface area contributed by atoms with Crippen molar-refractivity contribution in [3.8, 4) is 23.0 Å². The quantitative estimate of drug-likeness (QED) is 0.375. The Morgan fingerprint density at radius 2 is 1.61 bits per heavy atom. The van der Waals surface area contributed by atoms with E-state index in [2.05, 4.69) is 6.92 Å². The Morgan fingerprint density at radius 1 is 0.929 bits per heavy atom. The number of hydrogen-bond donors (Lipinski definition) is 3. The van der Waals surface area contributed by atoms with Crippen LogP contribution in [0.1, 0.15) is 66.6 Å². The van der Waals surface area contributed by atoms with Crippen molar-refractivity contribution in [3.05, 3.63) is 47.0 Å². The maximum absolute atomic E-state index is 12.5. The molecule has 0 saturated carbocycles. The first-order chi connectivity index (χ1) is 13.4. The molecule has 0 saturated heterocycles. The Kier molecular flexibility index (Phi) is 5.87. The van der Waals surface area contributed by atoms with Crippen molar-refractivity contribution in [2.75, 3.05) is 0 Å². The maximum Gasteiger partial charge on any atom is 0.248 e. The molecule has 1 atom stereocenters. The number of carbonyl (C=O) groups excluding carboxylic acids is 2. The fraction of sp³-hybridized carbons (Fsp3) is 0.364. The van der Waals surface area contributed by atoms with Crippen molar-refractivity contribution in [2.24, 2.45) is 0 Å². The lowest BCUT2D eigenvalue weighted by Crippen LogP contribution is -2.31. The fourth-order valence-corrected chi connectivity index (χ4v) is 3.37. The van der Waals surface area contributed by atoms with Gasteiger partial charge in [0.25, 0.3) is 0 Å². The molecule has 3 N–H and O–H groups in total. The van der Waals surface area contributed by atoms with Gasteiger partial charge in [0, 0.05) is 5.56 Å². The van der Waals surface area contributed by atoms with Crippen LogP contribution in [0.15, 0.2) is 30.3 Å². The van der Waals surface area contributed by atoms with Gasteiger partial charge in [0.2, 0.25) is 11.6 Å². The Labute approximate surface area is 163 Å². The highest BCUT2D eigenvalue weighted by Gasteiger charge is 2.37. The Balaban J connectivity index is 1.82. The van der Waals surface area contributed by atoms with Crippen LogP contribution in [-0.2, 0) is 11.2 Å². The topological polar surface area (TPSA) is 104 Å². The van der Waals surface area contributed by atoms with Gasteiger partial charge in [-0.25, -0.2) is 0 Å². The number of rotatable bonds is 7. The van der Waals surface area contributed by atoms with E-state index in [0.717, 1.165) is 37.0 Å². The summed E-state index contributed by atoms with van der Waals surface area (Å²) in [5.41, 5.74) is 1.33. The van der Waals surface area contributed by atoms with Crippen molar-refractivity contribution in [1.82, 2.24) is 0 Å². The minimum absolute atomic E-state index is 0.0989. The van der Waals surface area contributed by atoms with Crippen LogP contribution in [0.3, 0.4) is 0 Å². The third-order valence-electron chi connectivity index (χ3n) is 4.96. The number of unbranched alkanes of at least 4 members (excludes halogenated alkanes) is 4. The first kappa shape index (κ1) is 19.7.